The minimum Gasteiger partial charge on any atom is -0.355 e. The van der Waals surface area contributed by atoms with Crippen LogP contribution in [-0.2, 0) is 0 Å². The number of urea groups is 1. The molecule has 0 aliphatic rings. The monoisotopic (exact) mass is 420 g/mol. The van der Waals surface area contributed by atoms with E-state index in [1.165, 1.54) is 5.39 Å². The maximum absolute atomic E-state index is 12.0. The average Bonchev–Trinajstić information content (AvgIpc) is 3.03. The second-order valence-electron chi connectivity index (χ2n) is 6.26. The number of hydrogen-bond donors (Lipinski definition) is 3. The summed E-state index contributed by atoms with van der Waals surface area (Å²) in [4.78, 5) is 15.4. The van der Waals surface area contributed by atoms with Gasteiger partial charge in [-0.3, -0.25) is 0 Å². The molecule has 2 amide bonds. The van der Waals surface area contributed by atoms with Crippen molar-refractivity contribution in [2.75, 3.05) is 5.32 Å². The zero-order valence-corrected chi connectivity index (χ0v) is 16.2. The molecule has 0 radical (unpaired) electrons. The van der Waals surface area contributed by atoms with Crippen LogP contribution in [0.1, 0.15) is 11.1 Å². The van der Waals surface area contributed by atoms with E-state index in [-0.39, 0.29) is 6.03 Å². The predicted molar refractivity (Wildman–Crippen MR) is 114 cm³/mol. The van der Waals surface area contributed by atoms with E-state index in [1.54, 1.807) is 6.21 Å². The van der Waals surface area contributed by atoms with Gasteiger partial charge in [0.25, 0.3) is 0 Å². The standard InChI is InChI=1S/C21H17BrN4O/c1-13-10-15(7-8-18(13)22)24-21(27)26-23-12-14-6-9-20-17(11-14)16-4-2-3-5-19(16)25-20/h2-12,25H,1H3,(H2,24,26,27)/b23-12+. The van der Waals surface area contributed by atoms with Crippen molar-refractivity contribution in [2.45, 2.75) is 6.92 Å². The third-order valence-electron chi connectivity index (χ3n) is 4.33. The van der Waals surface area contributed by atoms with Crippen LogP contribution in [0.5, 0.6) is 0 Å². The molecule has 4 aromatic rings. The van der Waals surface area contributed by atoms with E-state index >= 15 is 0 Å². The molecule has 3 aromatic carbocycles. The summed E-state index contributed by atoms with van der Waals surface area (Å²) in [6.45, 7) is 1.96. The number of hydrogen-bond acceptors (Lipinski definition) is 2. The molecule has 3 N–H and O–H groups in total. The quantitative estimate of drug-likeness (QED) is 0.295. The molecule has 27 heavy (non-hydrogen) atoms. The van der Waals surface area contributed by atoms with Gasteiger partial charge >= 0.3 is 6.03 Å². The third kappa shape index (κ3) is 3.71. The molecule has 0 saturated heterocycles. The van der Waals surface area contributed by atoms with Gasteiger partial charge in [-0.25, -0.2) is 10.2 Å². The Morgan fingerprint density at radius 2 is 1.85 bits per heavy atom. The maximum Gasteiger partial charge on any atom is 0.339 e. The van der Waals surface area contributed by atoms with Crippen molar-refractivity contribution < 1.29 is 4.79 Å². The lowest BCUT2D eigenvalue weighted by atomic mass is 10.1. The van der Waals surface area contributed by atoms with Crippen LogP contribution < -0.4 is 10.7 Å². The molecule has 0 aliphatic heterocycles. The van der Waals surface area contributed by atoms with Gasteiger partial charge in [0.1, 0.15) is 0 Å². The van der Waals surface area contributed by atoms with Gasteiger partial charge in [-0.05, 0) is 54.4 Å². The van der Waals surface area contributed by atoms with Gasteiger partial charge in [0.2, 0.25) is 0 Å². The van der Waals surface area contributed by atoms with Gasteiger partial charge in [-0.1, -0.05) is 40.2 Å². The summed E-state index contributed by atoms with van der Waals surface area (Å²) in [5, 5.41) is 9.09. The Morgan fingerprint density at radius 1 is 1.04 bits per heavy atom. The number of benzene rings is 3. The molecular weight excluding hydrogens is 404 g/mol. The number of rotatable bonds is 3. The van der Waals surface area contributed by atoms with Gasteiger partial charge in [-0.15, -0.1) is 0 Å². The number of anilines is 1. The highest BCUT2D eigenvalue weighted by molar-refractivity contribution is 9.10. The minimum atomic E-state index is -0.388. The molecule has 6 heteroatoms. The van der Waals surface area contributed by atoms with Crippen LogP contribution in [0.4, 0.5) is 10.5 Å². The number of aryl methyl sites for hydroxylation is 1. The topological polar surface area (TPSA) is 69.3 Å². The Balaban J connectivity index is 1.46. The summed E-state index contributed by atoms with van der Waals surface area (Å²) in [6, 6.07) is 19.4. The highest BCUT2D eigenvalue weighted by Gasteiger charge is 2.04. The zero-order chi connectivity index (χ0) is 18.8. The Morgan fingerprint density at radius 3 is 2.70 bits per heavy atom. The number of carbonyl (C=O) groups is 1. The predicted octanol–water partition coefficient (Wildman–Crippen LogP) is 5.55. The van der Waals surface area contributed by atoms with Crippen molar-refractivity contribution in [3.8, 4) is 0 Å². The van der Waals surface area contributed by atoms with Gasteiger partial charge < -0.3 is 10.3 Å². The minimum absolute atomic E-state index is 0.388. The molecule has 5 nitrogen and oxygen atoms in total. The second-order valence-corrected chi connectivity index (χ2v) is 7.12. The van der Waals surface area contributed by atoms with Crippen molar-refractivity contribution in [1.29, 1.82) is 0 Å². The van der Waals surface area contributed by atoms with Crippen molar-refractivity contribution in [2.24, 2.45) is 5.10 Å². The Hall–Kier alpha value is -3.12. The number of nitrogens with one attached hydrogen (secondary N) is 3. The lowest BCUT2D eigenvalue weighted by Gasteiger charge is -2.06. The normalized spacial score (nSPS) is 11.3. The molecule has 0 atom stereocenters. The number of halogens is 1. The van der Waals surface area contributed by atoms with E-state index in [0.29, 0.717) is 5.69 Å². The number of aromatic nitrogens is 1. The number of H-pyrrole nitrogens is 1. The zero-order valence-electron chi connectivity index (χ0n) is 14.6. The highest BCUT2D eigenvalue weighted by Crippen LogP contribution is 2.25. The maximum atomic E-state index is 12.0. The highest BCUT2D eigenvalue weighted by atomic mass is 79.9. The molecule has 0 bridgehead atoms. The first kappa shape index (κ1) is 17.3. The second kappa shape index (κ2) is 7.25. The summed E-state index contributed by atoms with van der Waals surface area (Å²) in [5.41, 5.74) is 7.33. The molecule has 134 valence electrons. The van der Waals surface area contributed by atoms with Crippen LogP contribution in [0.2, 0.25) is 0 Å². The van der Waals surface area contributed by atoms with E-state index in [4.69, 9.17) is 0 Å². The van der Waals surface area contributed by atoms with Gasteiger partial charge in [0, 0.05) is 32.0 Å². The van der Waals surface area contributed by atoms with Crippen LogP contribution in [0.25, 0.3) is 21.8 Å². The fraction of sp³-hybridized carbons (Fsp3) is 0.0476. The summed E-state index contributed by atoms with van der Waals surface area (Å²) in [5.74, 6) is 0. The first-order valence-electron chi connectivity index (χ1n) is 8.47. The number of hydrazone groups is 1. The summed E-state index contributed by atoms with van der Waals surface area (Å²) >= 11 is 3.44. The van der Waals surface area contributed by atoms with Crippen LogP contribution in [0.15, 0.2) is 70.2 Å². The fourth-order valence-corrected chi connectivity index (χ4v) is 3.24. The van der Waals surface area contributed by atoms with Crippen molar-refractivity contribution in [1.82, 2.24) is 10.4 Å². The number of amides is 2. The lowest BCUT2D eigenvalue weighted by Crippen LogP contribution is -2.24. The summed E-state index contributed by atoms with van der Waals surface area (Å²) < 4.78 is 0.999. The molecule has 0 unspecified atom stereocenters. The van der Waals surface area contributed by atoms with E-state index < -0.39 is 0 Å². The van der Waals surface area contributed by atoms with E-state index in [9.17, 15) is 4.79 Å². The van der Waals surface area contributed by atoms with Gasteiger partial charge in [-0.2, -0.15) is 5.10 Å². The van der Waals surface area contributed by atoms with Crippen molar-refractivity contribution in [3.63, 3.8) is 0 Å². The van der Waals surface area contributed by atoms with Gasteiger partial charge in [0.15, 0.2) is 0 Å². The van der Waals surface area contributed by atoms with Crippen LogP contribution in [-0.4, -0.2) is 17.2 Å². The Labute approximate surface area is 164 Å². The van der Waals surface area contributed by atoms with Crippen LogP contribution >= 0.6 is 15.9 Å². The number of carbonyl (C=O) groups excluding carboxylic acids is 1. The summed E-state index contributed by atoms with van der Waals surface area (Å²) in [6.07, 6.45) is 1.63. The number of fused-ring (bicyclic) bond motifs is 3. The first-order chi connectivity index (χ1) is 13.1. The van der Waals surface area contributed by atoms with E-state index in [0.717, 1.165) is 32.0 Å². The molecule has 1 heterocycles. The van der Waals surface area contributed by atoms with Crippen LogP contribution in [0.3, 0.4) is 0 Å². The molecular formula is C21H17BrN4O. The number of para-hydroxylation sites is 1. The molecule has 0 fully saturated rings. The molecule has 0 saturated carbocycles. The number of aromatic amines is 1. The Kier molecular flexibility index (Phi) is 4.64. The fourth-order valence-electron chi connectivity index (χ4n) is 2.99. The Bertz CT molecular complexity index is 1180. The smallest absolute Gasteiger partial charge is 0.339 e. The van der Waals surface area contributed by atoms with E-state index in [1.807, 2.05) is 49.4 Å². The average molecular weight is 421 g/mol. The first-order valence-corrected chi connectivity index (χ1v) is 9.26. The molecule has 4 rings (SSSR count). The summed E-state index contributed by atoms with van der Waals surface area (Å²) in [7, 11) is 0. The molecule has 0 aliphatic carbocycles. The van der Waals surface area contributed by atoms with Crippen molar-refractivity contribution in [3.05, 3.63) is 76.3 Å². The van der Waals surface area contributed by atoms with Gasteiger partial charge in [0.05, 0.1) is 6.21 Å². The van der Waals surface area contributed by atoms with E-state index in [2.05, 4.69) is 55.0 Å². The molecule has 1 aromatic heterocycles. The van der Waals surface area contributed by atoms with Crippen LogP contribution in [0, 0.1) is 6.92 Å². The third-order valence-corrected chi connectivity index (χ3v) is 5.22. The van der Waals surface area contributed by atoms with Crippen molar-refractivity contribution >= 4 is 55.7 Å². The largest absolute Gasteiger partial charge is 0.355 e. The number of nitrogens with zero attached hydrogens (tertiary/aromatic N) is 1. The lowest BCUT2D eigenvalue weighted by molar-refractivity contribution is 0.252. The molecule has 0 spiro atoms. The SMILES string of the molecule is Cc1cc(NC(=O)N/N=C/c2ccc3[nH]c4ccccc4c3c2)ccc1Br.